The molecule has 0 amide bonds. The molecule has 0 saturated carbocycles. The van der Waals surface area contributed by atoms with Gasteiger partial charge < -0.3 is 5.32 Å². The van der Waals surface area contributed by atoms with Crippen molar-refractivity contribution in [3.05, 3.63) is 57.0 Å². The largest absolute Gasteiger partial charge is 0.312 e. The Hall–Kier alpha value is -1.78. The molecule has 0 bridgehead atoms. The van der Waals surface area contributed by atoms with Gasteiger partial charge in [-0.1, -0.05) is 12.1 Å². The van der Waals surface area contributed by atoms with E-state index in [2.05, 4.69) is 10.3 Å². The van der Waals surface area contributed by atoms with Crippen molar-refractivity contribution in [2.75, 3.05) is 6.54 Å². The number of nitrogens with zero attached hydrogens (tertiary/aromatic N) is 2. The highest BCUT2D eigenvalue weighted by molar-refractivity contribution is 7.89. The van der Waals surface area contributed by atoms with Gasteiger partial charge >= 0.3 is 0 Å². The Kier molecular flexibility index (Phi) is 5.18. The van der Waals surface area contributed by atoms with E-state index in [4.69, 9.17) is 5.14 Å². The summed E-state index contributed by atoms with van der Waals surface area (Å²) in [7, 11) is -3.72. The number of fused-ring (bicyclic) bond motifs is 3. The predicted molar refractivity (Wildman–Crippen MR) is 103 cm³/mol. The van der Waals surface area contributed by atoms with Crippen LogP contribution in [0.1, 0.15) is 16.0 Å². The average Bonchev–Trinajstić information content (AvgIpc) is 2.96. The predicted octanol–water partition coefficient (Wildman–Crippen LogP) is 1.22. The van der Waals surface area contributed by atoms with Crippen LogP contribution in [-0.4, -0.2) is 24.5 Å². The second-order valence-electron chi connectivity index (χ2n) is 5.98. The zero-order valence-electron chi connectivity index (χ0n) is 13.6. The first-order valence-corrected chi connectivity index (χ1v) is 10.1. The third-order valence-corrected chi connectivity index (χ3v) is 6.37. The van der Waals surface area contributed by atoms with Crippen LogP contribution in [0, 0.1) is 0 Å². The minimum atomic E-state index is -3.72. The fourth-order valence-corrected chi connectivity index (χ4v) is 4.71. The molecule has 2 aromatic heterocycles. The molecule has 4 rings (SSSR count). The monoisotopic (exact) mass is 412 g/mol. The Balaban J connectivity index is 0.00000196. The lowest BCUT2D eigenvalue weighted by Crippen LogP contribution is -2.25. The van der Waals surface area contributed by atoms with E-state index in [0.717, 1.165) is 35.5 Å². The van der Waals surface area contributed by atoms with Crippen LogP contribution in [0.2, 0.25) is 0 Å². The molecular weight excluding hydrogens is 396 g/mol. The minimum absolute atomic E-state index is 0. The summed E-state index contributed by atoms with van der Waals surface area (Å²) >= 11 is 1.57. The molecule has 1 aromatic carbocycles. The van der Waals surface area contributed by atoms with Crippen LogP contribution in [0.15, 0.2) is 40.3 Å². The van der Waals surface area contributed by atoms with Crippen LogP contribution in [0.5, 0.6) is 0 Å². The van der Waals surface area contributed by atoms with Gasteiger partial charge in [0.1, 0.15) is 4.83 Å². The Morgan fingerprint density at radius 2 is 2.00 bits per heavy atom. The molecule has 0 radical (unpaired) electrons. The van der Waals surface area contributed by atoms with Crippen molar-refractivity contribution in [3.63, 3.8) is 0 Å². The average molecular weight is 413 g/mol. The van der Waals surface area contributed by atoms with Gasteiger partial charge in [0.25, 0.3) is 5.56 Å². The molecule has 3 aromatic rings. The van der Waals surface area contributed by atoms with Crippen LogP contribution in [0.3, 0.4) is 0 Å². The zero-order valence-corrected chi connectivity index (χ0v) is 16.1. The first-order chi connectivity index (χ1) is 11.9. The van der Waals surface area contributed by atoms with Crippen molar-refractivity contribution in [1.82, 2.24) is 14.9 Å². The summed E-state index contributed by atoms with van der Waals surface area (Å²) in [6.45, 7) is 1.97. The van der Waals surface area contributed by atoms with Crippen molar-refractivity contribution >= 4 is 44.0 Å². The Bertz CT molecular complexity index is 1120. The number of benzene rings is 1. The summed E-state index contributed by atoms with van der Waals surface area (Å²) in [5.41, 5.74) is 1.86. The topological polar surface area (TPSA) is 107 Å². The maximum absolute atomic E-state index is 12.9. The summed E-state index contributed by atoms with van der Waals surface area (Å²) < 4.78 is 24.2. The number of hydrogen-bond acceptors (Lipinski definition) is 6. The van der Waals surface area contributed by atoms with Crippen LogP contribution < -0.4 is 16.0 Å². The number of nitrogens with two attached hydrogens (primary N) is 1. The minimum Gasteiger partial charge on any atom is -0.312 e. The van der Waals surface area contributed by atoms with Gasteiger partial charge in [-0.05, 0) is 36.2 Å². The second kappa shape index (κ2) is 7.09. The lowest BCUT2D eigenvalue weighted by atomic mass is 10.1. The van der Waals surface area contributed by atoms with E-state index in [9.17, 15) is 13.2 Å². The molecule has 0 fully saturated rings. The van der Waals surface area contributed by atoms with Gasteiger partial charge in [0.2, 0.25) is 10.0 Å². The van der Waals surface area contributed by atoms with Crippen LogP contribution >= 0.6 is 23.7 Å². The van der Waals surface area contributed by atoms with Gasteiger partial charge in [0.05, 0.1) is 23.2 Å². The Labute approximate surface area is 160 Å². The number of halogens is 1. The Morgan fingerprint density at radius 3 is 2.69 bits per heavy atom. The molecule has 3 heterocycles. The molecule has 0 spiro atoms. The third kappa shape index (κ3) is 3.40. The Morgan fingerprint density at radius 1 is 1.27 bits per heavy atom. The molecule has 0 aliphatic carbocycles. The molecule has 1 aliphatic rings. The van der Waals surface area contributed by atoms with Crippen molar-refractivity contribution in [2.45, 2.75) is 24.4 Å². The molecule has 26 heavy (non-hydrogen) atoms. The SMILES string of the molecule is Cl.NS(=O)(=O)c1ccc(Cn2cnc3sc4c(c3c2=O)CCNC4)cc1. The van der Waals surface area contributed by atoms with E-state index in [-0.39, 0.29) is 22.9 Å². The fraction of sp³-hybridized carbons (Fsp3) is 0.250. The molecule has 138 valence electrons. The van der Waals surface area contributed by atoms with Gasteiger partial charge in [-0.15, -0.1) is 23.7 Å². The number of primary sulfonamides is 1. The molecule has 0 atom stereocenters. The molecule has 1 aliphatic heterocycles. The number of aromatic nitrogens is 2. The highest BCUT2D eigenvalue weighted by Crippen LogP contribution is 2.29. The van der Waals surface area contributed by atoms with Crippen molar-refractivity contribution < 1.29 is 8.42 Å². The molecule has 10 heteroatoms. The second-order valence-corrected chi connectivity index (χ2v) is 8.62. The summed E-state index contributed by atoms with van der Waals surface area (Å²) in [6.07, 6.45) is 2.38. The lowest BCUT2D eigenvalue weighted by Gasteiger charge is -2.12. The molecule has 0 unspecified atom stereocenters. The van der Waals surface area contributed by atoms with Gasteiger partial charge in [-0.2, -0.15) is 0 Å². The number of rotatable bonds is 3. The lowest BCUT2D eigenvalue weighted by molar-refractivity contribution is 0.597. The number of sulfonamides is 1. The summed E-state index contributed by atoms with van der Waals surface area (Å²) in [4.78, 5) is 19.3. The maximum Gasteiger partial charge on any atom is 0.262 e. The fourth-order valence-electron chi connectivity index (χ4n) is 3.04. The van der Waals surface area contributed by atoms with Crippen LogP contribution in [-0.2, 0) is 29.5 Å². The zero-order chi connectivity index (χ0) is 17.6. The van der Waals surface area contributed by atoms with E-state index in [1.165, 1.54) is 17.0 Å². The van der Waals surface area contributed by atoms with Gasteiger partial charge in [-0.25, -0.2) is 18.5 Å². The number of hydrogen-bond donors (Lipinski definition) is 2. The van der Waals surface area contributed by atoms with Crippen molar-refractivity contribution in [3.8, 4) is 0 Å². The van der Waals surface area contributed by atoms with Gasteiger partial charge in [0, 0.05) is 11.4 Å². The number of thiophene rings is 1. The number of nitrogens with one attached hydrogen (secondary N) is 1. The van der Waals surface area contributed by atoms with E-state index >= 15 is 0 Å². The summed E-state index contributed by atoms with van der Waals surface area (Å²) in [5, 5.41) is 9.12. The quantitative estimate of drug-likeness (QED) is 0.672. The smallest absolute Gasteiger partial charge is 0.262 e. The normalized spacial score (nSPS) is 14.0. The van der Waals surface area contributed by atoms with Crippen LogP contribution in [0.4, 0.5) is 0 Å². The molecule has 0 saturated heterocycles. The highest BCUT2D eigenvalue weighted by atomic mass is 35.5. The molecular formula is C16H17ClN4O3S2. The standard InChI is InChI=1S/C16H16N4O3S2.ClH/c17-25(22,23)11-3-1-10(2-4-11)8-20-9-19-15-14(16(20)21)12-5-6-18-7-13(12)24-15;/h1-4,9,18H,5-8H2,(H2,17,22,23);1H. The van der Waals surface area contributed by atoms with Gasteiger partial charge in [-0.3, -0.25) is 9.36 Å². The molecule has 3 N–H and O–H groups in total. The first kappa shape index (κ1) is 19.0. The first-order valence-electron chi connectivity index (χ1n) is 7.75. The third-order valence-electron chi connectivity index (χ3n) is 4.30. The van der Waals surface area contributed by atoms with Crippen molar-refractivity contribution in [2.24, 2.45) is 5.14 Å². The summed E-state index contributed by atoms with van der Waals surface area (Å²) in [6, 6.07) is 6.20. The maximum atomic E-state index is 12.9. The van der Waals surface area contributed by atoms with E-state index in [1.807, 2.05) is 0 Å². The van der Waals surface area contributed by atoms with E-state index in [0.29, 0.717) is 11.9 Å². The van der Waals surface area contributed by atoms with E-state index in [1.54, 1.807) is 34.4 Å². The van der Waals surface area contributed by atoms with Gasteiger partial charge in [0.15, 0.2) is 0 Å². The summed E-state index contributed by atoms with van der Waals surface area (Å²) in [5.74, 6) is 0. The highest BCUT2D eigenvalue weighted by Gasteiger charge is 2.19. The van der Waals surface area contributed by atoms with E-state index < -0.39 is 10.0 Å². The van der Waals surface area contributed by atoms with Crippen LogP contribution in [0.25, 0.3) is 10.2 Å². The van der Waals surface area contributed by atoms with Crippen molar-refractivity contribution in [1.29, 1.82) is 0 Å². The molecule has 7 nitrogen and oxygen atoms in total.